The lowest BCUT2D eigenvalue weighted by atomic mass is 10.1. The maximum Gasteiger partial charge on any atom is 0.269 e. The van der Waals surface area contributed by atoms with Gasteiger partial charge in [-0.3, -0.25) is 14.9 Å². The highest BCUT2D eigenvalue weighted by molar-refractivity contribution is 5.93. The molecule has 2 aromatic heterocycles. The first-order chi connectivity index (χ1) is 12.1. The lowest BCUT2D eigenvalue weighted by Crippen LogP contribution is -2.29. The SMILES string of the molecule is CC[C@@H](NC(=O)c1cc(-c2ccccc2O)n[nH]1)c1cc(C)ccn1. The molecule has 0 radical (unpaired) electrons. The summed E-state index contributed by atoms with van der Waals surface area (Å²) in [6.07, 6.45) is 2.47. The Balaban J connectivity index is 1.78. The first kappa shape index (κ1) is 16.7. The number of hydrogen-bond donors (Lipinski definition) is 3. The van der Waals surface area contributed by atoms with E-state index in [9.17, 15) is 9.90 Å². The highest BCUT2D eigenvalue weighted by Gasteiger charge is 2.18. The number of aromatic nitrogens is 3. The molecule has 0 aliphatic heterocycles. The van der Waals surface area contributed by atoms with Crippen LogP contribution in [0.4, 0.5) is 0 Å². The number of H-pyrrole nitrogens is 1. The summed E-state index contributed by atoms with van der Waals surface area (Å²) in [6, 6.07) is 12.2. The van der Waals surface area contributed by atoms with Crippen molar-refractivity contribution in [1.82, 2.24) is 20.5 Å². The lowest BCUT2D eigenvalue weighted by molar-refractivity contribution is 0.0929. The van der Waals surface area contributed by atoms with E-state index in [4.69, 9.17) is 0 Å². The number of carbonyl (C=O) groups is 1. The van der Waals surface area contributed by atoms with Gasteiger partial charge < -0.3 is 10.4 Å². The first-order valence-electron chi connectivity index (χ1n) is 8.15. The van der Waals surface area contributed by atoms with Crippen LogP contribution in [-0.2, 0) is 0 Å². The van der Waals surface area contributed by atoms with Crippen molar-refractivity contribution in [3.8, 4) is 17.0 Å². The minimum atomic E-state index is -0.260. The van der Waals surface area contributed by atoms with Gasteiger partial charge in [-0.05, 0) is 49.2 Å². The number of hydrogen-bond acceptors (Lipinski definition) is 4. The molecular weight excluding hydrogens is 316 g/mol. The molecule has 3 rings (SSSR count). The van der Waals surface area contributed by atoms with Crippen LogP contribution in [0.1, 0.15) is 41.1 Å². The van der Waals surface area contributed by atoms with Gasteiger partial charge >= 0.3 is 0 Å². The average Bonchev–Trinajstić information content (AvgIpc) is 3.10. The summed E-state index contributed by atoms with van der Waals surface area (Å²) in [7, 11) is 0. The smallest absolute Gasteiger partial charge is 0.269 e. The molecule has 0 spiro atoms. The van der Waals surface area contributed by atoms with E-state index in [-0.39, 0.29) is 17.7 Å². The van der Waals surface area contributed by atoms with Crippen molar-refractivity contribution in [2.75, 3.05) is 0 Å². The van der Waals surface area contributed by atoms with E-state index in [2.05, 4.69) is 20.5 Å². The van der Waals surface area contributed by atoms with E-state index < -0.39 is 0 Å². The van der Waals surface area contributed by atoms with Crippen LogP contribution < -0.4 is 5.32 Å². The molecule has 1 atom stereocenters. The van der Waals surface area contributed by atoms with Crippen molar-refractivity contribution in [3.63, 3.8) is 0 Å². The number of phenolic OH excluding ortho intramolecular Hbond substituents is 1. The van der Waals surface area contributed by atoms with Crippen LogP contribution in [-0.4, -0.2) is 26.2 Å². The third kappa shape index (κ3) is 3.68. The van der Waals surface area contributed by atoms with Crippen LogP contribution in [0.5, 0.6) is 5.75 Å². The second-order valence-corrected chi connectivity index (χ2v) is 5.88. The van der Waals surface area contributed by atoms with Crippen molar-refractivity contribution in [2.45, 2.75) is 26.3 Å². The Bertz CT molecular complexity index is 888. The summed E-state index contributed by atoms with van der Waals surface area (Å²) < 4.78 is 0. The molecule has 0 unspecified atom stereocenters. The van der Waals surface area contributed by atoms with Gasteiger partial charge in [0.05, 0.1) is 17.4 Å². The van der Waals surface area contributed by atoms with Gasteiger partial charge in [0.25, 0.3) is 5.91 Å². The first-order valence-corrected chi connectivity index (χ1v) is 8.15. The predicted molar refractivity (Wildman–Crippen MR) is 95.2 cm³/mol. The van der Waals surface area contributed by atoms with Gasteiger partial charge in [-0.1, -0.05) is 19.1 Å². The number of nitrogens with one attached hydrogen (secondary N) is 2. The average molecular weight is 336 g/mol. The Kier molecular flexibility index (Phi) is 4.79. The zero-order chi connectivity index (χ0) is 17.8. The molecular formula is C19H20N4O2. The largest absolute Gasteiger partial charge is 0.507 e. The predicted octanol–water partition coefficient (Wildman–Crippen LogP) is 3.37. The number of aromatic hydroxyl groups is 1. The molecule has 6 nitrogen and oxygen atoms in total. The molecule has 2 heterocycles. The van der Waals surface area contributed by atoms with Gasteiger partial charge in [0.15, 0.2) is 0 Å². The quantitative estimate of drug-likeness (QED) is 0.666. The number of aromatic amines is 1. The van der Waals surface area contributed by atoms with Crippen LogP contribution in [0.2, 0.25) is 0 Å². The van der Waals surface area contributed by atoms with Crippen molar-refractivity contribution >= 4 is 5.91 Å². The fraction of sp³-hybridized carbons (Fsp3) is 0.211. The van der Waals surface area contributed by atoms with Crippen molar-refractivity contribution < 1.29 is 9.90 Å². The monoisotopic (exact) mass is 336 g/mol. The molecule has 3 N–H and O–H groups in total. The van der Waals surface area contributed by atoms with Crippen molar-refractivity contribution in [2.24, 2.45) is 0 Å². The fourth-order valence-corrected chi connectivity index (χ4v) is 2.64. The normalized spacial score (nSPS) is 11.9. The van der Waals surface area contributed by atoms with Crippen LogP contribution in [0.15, 0.2) is 48.7 Å². The third-order valence-electron chi connectivity index (χ3n) is 4.01. The van der Waals surface area contributed by atoms with Gasteiger partial charge in [-0.2, -0.15) is 5.10 Å². The van der Waals surface area contributed by atoms with E-state index in [0.29, 0.717) is 17.0 Å². The third-order valence-corrected chi connectivity index (χ3v) is 4.01. The van der Waals surface area contributed by atoms with Crippen LogP contribution >= 0.6 is 0 Å². The molecule has 0 aliphatic carbocycles. The van der Waals surface area contributed by atoms with Crippen LogP contribution in [0.3, 0.4) is 0 Å². The second kappa shape index (κ2) is 7.17. The van der Waals surface area contributed by atoms with E-state index >= 15 is 0 Å². The van der Waals surface area contributed by atoms with Gasteiger partial charge in [0, 0.05) is 11.8 Å². The zero-order valence-electron chi connectivity index (χ0n) is 14.2. The number of amides is 1. The fourth-order valence-electron chi connectivity index (χ4n) is 2.64. The molecule has 6 heteroatoms. The Morgan fingerprint density at radius 1 is 1.28 bits per heavy atom. The maximum absolute atomic E-state index is 12.5. The maximum atomic E-state index is 12.5. The standard InChI is InChI=1S/C19H20N4O2/c1-3-14(16-10-12(2)8-9-20-16)21-19(25)17-11-15(22-23-17)13-6-4-5-7-18(13)24/h4-11,14,24H,3H2,1-2H3,(H,21,25)(H,22,23)/t14-/m1/s1. The summed E-state index contributed by atoms with van der Waals surface area (Å²) in [4.78, 5) is 16.9. The number of carbonyl (C=O) groups excluding carboxylic acids is 1. The summed E-state index contributed by atoms with van der Waals surface area (Å²) >= 11 is 0. The molecule has 0 aliphatic rings. The molecule has 0 bridgehead atoms. The van der Waals surface area contributed by atoms with Gasteiger partial charge in [-0.15, -0.1) is 0 Å². The van der Waals surface area contributed by atoms with Gasteiger partial charge in [0.1, 0.15) is 11.4 Å². The summed E-state index contributed by atoms with van der Waals surface area (Å²) in [5.41, 5.74) is 3.36. The number of benzene rings is 1. The van der Waals surface area contributed by atoms with Gasteiger partial charge in [0.2, 0.25) is 0 Å². The van der Waals surface area contributed by atoms with Crippen LogP contribution in [0, 0.1) is 6.92 Å². The minimum absolute atomic E-state index is 0.122. The van der Waals surface area contributed by atoms with E-state index in [1.165, 1.54) is 0 Å². The summed E-state index contributed by atoms with van der Waals surface area (Å²) in [5.74, 6) is -0.138. The summed E-state index contributed by atoms with van der Waals surface area (Å²) in [5, 5.41) is 19.7. The summed E-state index contributed by atoms with van der Waals surface area (Å²) in [6.45, 7) is 3.99. The Morgan fingerprint density at radius 3 is 2.80 bits per heavy atom. The zero-order valence-corrected chi connectivity index (χ0v) is 14.2. The Labute approximate surface area is 145 Å². The molecule has 25 heavy (non-hydrogen) atoms. The molecule has 1 amide bonds. The minimum Gasteiger partial charge on any atom is -0.507 e. The number of para-hydroxylation sites is 1. The second-order valence-electron chi connectivity index (χ2n) is 5.88. The molecule has 1 aromatic carbocycles. The van der Waals surface area contributed by atoms with E-state index in [0.717, 1.165) is 17.7 Å². The van der Waals surface area contributed by atoms with Crippen LogP contribution in [0.25, 0.3) is 11.3 Å². The Morgan fingerprint density at radius 2 is 2.08 bits per heavy atom. The number of phenols is 1. The number of rotatable bonds is 5. The van der Waals surface area contributed by atoms with Gasteiger partial charge in [-0.25, -0.2) is 0 Å². The topological polar surface area (TPSA) is 90.9 Å². The Hall–Kier alpha value is -3.15. The highest BCUT2D eigenvalue weighted by atomic mass is 16.3. The number of aryl methyl sites for hydroxylation is 1. The van der Waals surface area contributed by atoms with Crippen molar-refractivity contribution in [1.29, 1.82) is 0 Å². The van der Waals surface area contributed by atoms with E-state index in [1.54, 1.807) is 36.5 Å². The lowest BCUT2D eigenvalue weighted by Gasteiger charge is -2.16. The molecule has 0 fully saturated rings. The molecule has 0 saturated heterocycles. The number of pyridine rings is 1. The molecule has 0 saturated carbocycles. The van der Waals surface area contributed by atoms with Crippen molar-refractivity contribution in [3.05, 3.63) is 65.6 Å². The molecule has 3 aromatic rings. The number of nitrogens with zero attached hydrogens (tertiary/aromatic N) is 2. The highest BCUT2D eigenvalue weighted by Crippen LogP contribution is 2.27. The van der Waals surface area contributed by atoms with E-state index in [1.807, 2.05) is 26.0 Å². The molecule has 128 valence electrons.